The molecule has 2 aromatic heterocycles. The number of nitriles is 1. The molecule has 0 fully saturated rings. The van der Waals surface area contributed by atoms with E-state index in [4.69, 9.17) is 0 Å². The van der Waals surface area contributed by atoms with Gasteiger partial charge in [-0.2, -0.15) is 5.26 Å². The molecule has 172 valence electrons. The van der Waals surface area contributed by atoms with E-state index in [1.54, 1.807) is 6.33 Å². The maximum Gasteiger partial charge on any atom is 0.254 e. The Labute approximate surface area is 195 Å². The molecule has 1 atom stereocenters. The summed E-state index contributed by atoms with van der Waals surface area (Å²) < 4.78 is 30.8. The highest BCUT2D eigenvalue weighted by molar-refractivity contribution is 5.44. The molecule has 0 radical (unpaired) electrons. The van der Waals surface area contributed by atoms with E-state index in [0.717, 1.165) is 33.1 Å². The lowest BCUT2D eigenvalue weighted by Crippen LogP contribution is -2.31. The number of nitrogens with zero attached hydrogens (tertiary/aromatic N) is 4. The lowest BCUT2D eigenvalue weighted by molar-refractivity contribution is 0.243. The van der Waals surface area contributed by atoms with Gasteiger partial charge in [-0.05, 0) is 43.2 Å². The first-order valence-corrected chi connectivity index (χ1v) is 10.6. The summed E-state index contributed by atoms with van der Waals surface area (Å²) >= 11 is 0. The van der Waals surface area contributed by atoms with E-state index in [9.17, 15) is 23.9 Å². The van der Waals surface area contributed by atoms with Gasteiger partial charge in [0.15, 0.2) is 0 Å². The maximum absolute atomic E-state index is 14.4. The van der Waals surface area contributed by atoms with E-state index in [0.29, 0.717) is 11.6 Å². The van der Waals surface area contributed by atoms with Crippen LogP contribution >= 0.6 is 0 Å². The van der Waals surface area contributed by atoms with Gasteiger partial charge in [0.1, 0.15) is 17.7 Å². The standard InChI is InChI=1S/C26H22F2N4O2/c1-16-7-18(3-6-24(16)31-12-17(2)30-15-31)8-20-9-19(11-29)13-32(26(20)34)25(14-33)22-5-4-21(27)10-23(22)28/h3-7,9-10,12-13,15,25,33H,8,14H2,1-2H3/t25-/m0/s1. The summed E-state index contributed by atoms with van der Waals surface area (Å²) in [6.07, 6.45) is 5.17. The van der Waals surface area contributed by atoms with Crippen molar-refractivity contribution in [2.24, 2.45) is 0 Å². The second-order valence-electron chi connectivity index (χ2n) is 8.16. The quantitative estimate of drug-likeness (QED) is 0.472. The molecular weight excluding hydrogens is 438 g/mol. The fourth-order valence-electron chi connectivity index (χ4n) is 4.08. The van der Waals surface area contributed by atoms with Crippen LogP contribution in [0.5, 0.6) is 0 Å². The van der Waals surface area contributed by atoms with Crippen LogP contribution in [0.15, 0.2) is 66.0 Å². The van der Waals surface area contributed by atoms with Crippen molar-refractivity contribution in [3.8, 4) is 11.8 Å². The average Bonchev–Trinajstić information content (AvgIpc) is 3.23. The molecule has 0 aliphatic heterocycles. The topological polar surface area (TPSA) is 83.8 Å². The fraction of sp³-hybridized carbons (Fsp3) is 0.192. The Morgan fingerprint density at radius 3 is 2.53 bits per heavy atom. The molecule has 0 aliphatic carbocycles. The summed E-state index contributed by atoms with van der Waals surface area (Å²) in [7, 11) is 0. The summed E-state index contributed by atoms with van der Waals surface area (Å²) in [5, 5.41) is 19.5. The molecule has 0 spiro atoms. The maximum atomic E-state index is 14.4. The normalized spacial score (nSPS) is 11.9. The van der Waals surface area contributed by atoms with Crippen molar-refractivity contribution < 1.29 is 13.9 Å². The zero-order valence-electron chi connectivity index (χ0n) is 18.7. The van der Waals surface area contributed by atoms with Crippen LogP contribution in [0.25, 0.3) is 5.69 Å². The number of hydrogen-bond acceptors (Lipinski definition) is 4. The number of rotatable bonds is 6. The minimum absolute atomic E-state index is 0.0390. The third kappa shape index (κ3) is 4.51. The summed E-state index contributed by atoms with van der Waals surface area (Å²) in [6, 6.07) is 11.1. The monoisotopic (exact) mass is 460 g/mol. The highest BCUT2D eigenvalue weighted by Crippen LogP contribution is 2.23. The number of benzene rings is 2. The molecule has 0 saturated heterocycles. The van der Waals surface area contributed by atoms with Gasteiger partial charge in [-0.25, -0.2) is 13.8 Å². The van der Waals surface area contributed by atoms with E-state index in [1.165, 1.54) is 18.3 Å². The molecule has 0 aliphatic rings. The van der Waals surface area contributed by atoms with E-state index >= 15 is 0 Å². The molecule has 4 rings (SSSR count). The van der Waals surface area contributed by atoms with E-state index < -0.39 is 29.8 Å². The van der Waals surface area contributed by atoms with Crippen LogP contribution in [0.1, 0.15) is 39.6 Å². The van der Waals surface area contributed by atoms with Crippen LogP contribution < -0.4 is 5.56 Å². The van der Waals surface area contributed by atoms with Gasteiger partial charge in [0.05, 0.1) is 30.2 Å². The summed E-state index contributed by atoms with van der Waals surface area (Å²) in [5.41, 5.74) is 3.70. The van der Waals surface area contributed by atoms with Crippen LogP contribution in [0.4, 0.5) is 8.78 Å². The number of halogens is 2. The van der Waals surface area contributed by atoms with E-state index in [1.807, 2.05) is 48.9 Å². The summed E-state index contributed by atoms with van der Waals surface area (Å²) in [5.74, 6) is -1.64. The SMILES string of the molecule is Cc1cn(-c2ccc(Cc3cc(C#N)cn([C@@H](CO)c4ccc(F)cc4F)c3=O)cc2C)cn1. The van der Waals surface area contributed by atoms with Crippen molar-refractivity contribution in [1.82, 2.24) is 14.1 Å². The first kappa shape index (κ1) is 23.1. The Morgan fingerprint density at radius 2 is 1.91 bits per heavy atom. The molecule has 2 aromatic carbocycles. The van der Waals surface area contributed by atoms with Gasteiger partial charge < -0.3 is 14.2 Å². The van der Waals surface area contributed by atoms with Gasteiger partial charge in [-0.15, -0.1) is 0 Å². The first-order valence-electron chi connectivity index (χ1n) is 10.6. The smallest absolute Gasteiger partial charge is 0.254 e. The number of aliphatic hydroxyl groups is 1. The molecule has 0 amide bonds. The highest BCUT2D eigenvalue weighted by atomic mass is 19.1. The summed E-state index contributed by atoms with van der Waals surface area (Å²) in [4.78, 5) is 17.5. The minimum atomic E-state index is -1.10. The van der Waals surface area contributed by atoms with Crippen molar-refractivity contribution in [2.45, 2.75) is 26.3 Å². The van der Waals surface area contributed by atoms with Gasteiger partial charge >= 0.3 is 0 Å². The average molecular weight is 460 g/mol. The molecule has 0 unspecified atom stereocenters. The number of hydrogen-bond donors (Lipinski definition) is 1. The van der Waals surface area contributed by atoms with Gasteiger partial charge in [-0.3, -0.25) is 4.79 Å². The van der Waals surface area contributed by atoms with Gasteiger partial charge in [0.2, 0.25) is 0 Å². The molecule has 0 bridgehead atoms. The Kier molecular flexibility index (Phi) is 6.39. The Bertz CT molecular complexity index is 1470. The van der Waals surface area contributed by atoms with Crippen LogP contribution in [0.3, 0.4) is 0 Å². The highest BCUT2D eigenvalue weighted by Gasteiger charge is 2.21. The van der Waals surface area contributed by atoms with Crippen LogP contribution in [0.2, 0.25) is 0 Å². The molecule has 34 heavy (non-hydrogen) atoms. The second-order valence-corrected chi connectivity index (χ2v) is 8.16. The minimum Gasteiger partial charge on any atom is -0.394 e. The van der Waals surface area contributed by atoms with Crippen LogP contribution in [-0.4, -0.2) is 25.8 Å². The van der Waals surface area contributed by atoms with Crippen LogP contribution in [0, 0.1) is 36.8 Å². The molecule has 1 N–H and O–H groups in total. The fourth-order valence-corrected chi connectivity index (χ4v) is 4.08. The van der Waals surface area contributed by atoms with Crippen LogP contribution in [-0.2, 0) is 6.42 Å². The molecular formula is C26H22F2N4O2. The van der Waals surface area contributed by atoms with E-state index in [2.05, 4.69) is 4.98 Å². The second kappa shape index (κ2) is 9.41. The number of pyridine rings is 1. The Hall–Kier alpha value is -4.09. The zero-order chi connectivity index (χ0) is 24.4. The van der Waals surface area contributed by atoms with Gasteiger partial charge in [0, 0.05) is 41.7 Å². The van der Waals surface area contributed by atoms with E-state index in [-0.39, 0.29) is 17.5 Å². The number of aryl methyl sites for hydroxylation is 2. The predicted molar refractivity (Wildman–Crippen MR) is 123 cm³/mol. The lowest BCUT2D eigenvalue weighted by atomic mass is 10.0. The molecule has 4 aromatic rings. The van der Waals surface area contributed by atoms with Crippen molar-refractivity contribution in [1.29, 1.82) is 5.26 Å². The van der Waals surface area contributed by atoms with Crippen molar-refractivity contribution in [3.05, 3.63) is 117 Å². The van der Waals surface area contributed by atoms with Crippen molar-refractivity contribution >= 4 is 0 Å². The van der Waals surface area contributed by atoms with Crippen molar-refractivity contribution in [2.75, 3.05) is 6.61 Å². The molecule has 8 heteroatoms. The number of aromatic nitrogens is 3. The summed E-state index contributed by atoms with van der Waals surface area (Å²) in [6.45, 7) is 3.26. The third-order valence-corrected chi connectivity index (χ3v) is 5.72. The Balaban J connectivity index is 1.74. The largest absolute Gasteiger partial charge is 0.394 e. The zero-order valence-corrected chi connectivity index (χ0v) is 18.7. The third-order valence-electron chi connectivity index (χ3n) is 5.72. The van der Waals surface area contributed by atoms with Gasteiger partial charge in [-0.1, -0.05) is 18.2 Å². The predicted octanol–water partition coefficient (Wildman–Crippen LogP) is 3.97. The first-order chi connectivity index (χ1) is 16.3. The number of imidazole rings is 1. The molecule has 2 heterocycles. The Morgan fingerprint density at radius 1 is 1.12 bits per heavy atom. The molecule has 0 saturated carbocycles. The van der Waals surface area contributed by atoms with Crippen molar-refractivity contribution in [3.63, 3.8) is 0 Å². The lowest BCUT2D eigenvalue weighted by Gasteiger charge is -2.20. The molecule has 6 nitrogen and oxygen atoms in total. The van der Waals surface area contributed by atoms with Gasteiger partial charge in [0.25, 0.3) is 5.56 Å². The number of aliphatic hydroxyl groups excluding tert-OH is 1.